The molecule has 0 fully saturated rings. The van der Waals surface area contributed by atoms with Crippen molar-refractivity contribution in [3.05, 3.63) is 38.7 Å². The van der Waals surface area contributed by atoms with E-state index >= 15 is 0 Å². The van der Waals surface area contributed by atoms with Crippen LogP contribution in [0.2, 0.25) is 0 Å². The van der Waals surface area contributed by atoms with Crippen molar-refractivity contribution >= 4 is 27.7 Å². The molecule has 1 heterocycles. The van der Waals surface area contributed by atoms with Gasteiger partial charge in [0.15, 0.2) is 5.16 Å². The number of benzene rings is 1. The van der Waals surface area contributed by atoms with Gasteiger partial charge in [-0.05, 0) is 49.7 Å². The summed E-state index contributed by atoms with van der Waals surface area (Å²) in [4.78, 5) is 12.5. The second-order valence-electron chi connectivity index (χ2n) is 4.59. The van der Waals surface area contributed by atoms with Crippen LogP contribution in [-0.4, -0.2) is 20.8 Å². The quantitative estimate of drug-likeness (QED) is 0.862. The maximum absolute atomic E-state index is 11.5. The molecule has 5 nitrogen and oxygen atoms in total. The fraction of sp³-hybridized carbons (Fsp3) is 0.385. The van der Waals surface area contributed by atoms with Gasteiger partial charge in [-0.1, -0.05) is 22.0 Å². The summed E-state index contributed by atoms with van der Waals surface area (Å²) in [6, 6.07) is 6.23. The maximum Gasteiger partial charge on any atom is 0.343 e. The Kier molecular flexibility index (Phi) is 5.06. The zero-order valence-corrected chi connectivity index (χ0v) is 13.8. The molecule has 1 atom stereocenters. The molecule has 108 valence electrons. The molecule has 0 amide bonds. The van der Waals surface area contributed by atoms with Gasteiger partial charge in [-0.2, -0.15) is 0 Å². The van der Waals surface area contributed by atoms with E-state index in [9.17, 15) is 4.79 Å². The molecule has 2 aromatic rings. The van der Waals surface area contributed by atoms with Gasteiger partial charge < -0.3 is 5.73 Å². The Balaban J connectivity index is 2.22. The molecule has 0 saturated heterocycles. The van der Waals surface area contributed by atoms with Crippen LogP contribution in [-0.2, 0) is 13.0 Å². The van der Waals surface area contributed by atoms with Crippen LogP contribution < -0.4 is 11.4 Å². The van der Waals surface area contributed by atoms with Crippen molar-refractivity contribution in [3.63, 3.8) is 0 Å². The molecule has 0 aliphatic carbocycles. The average molecular weight is 357 g/mol. The molecule has 0 spiro atoms. The van der Waals surface area contributed by atoms with E-state index in [4.69, 9.17) is 5.73 Å². The lowest BCUT2D eigenvalue weighted by Gasteiger charge is -2.09. The standard InChI is InChI=1S/C13H17BrN4OS/c1-3-18-12(19)16-17-13(18)20-10-5-4-9(6-8(2)15)11(14)7-10/h4-5,7-8H,3,6,15H2,1-2H3,(H,16,19). The van der Waals surface area contributed by atoms with Crippen LogP contribution in [0.15, 0.2) is 37.5 Å². The molecule has 3 N–H and O–H groups in total. The van der Waals surface area contributed by atoms with E-state index in [-0.39, 0.29) is 11.7 Å². The van der Waals surface area contributed by atoms with Crippen LogP contribution in [0.1, 0.15) is 19.4 Å². The van der Waals surface area contributed by atoms with E-state index in [0.717, 1.165) is 15.8 Å². The van der Waals surface area contributed by atoms with Crippen LogP contribution in [0, 0.1) is 0 Å². The SMILES string of the molecule is CCn1c(Sc2ccc(CC(C)N)c(Br)c2)n[nH]c1=O. The summed E-state index contributed by atoms with van der Waals surface area (Å²) < 4.78 is 2.63. The van der Waals surface area contributed by atoms with Crippen molar-refractivity contribution in [1.82, 2.24) is 14.8 Å². The predicted octanol–water partition coefficient (Wildman–Crippen LogP) is 2.39. The molecule has 1 aromatic carbocycles. The van der Waals surface area contributed by atoms with Crippen molar-refractivity contribution in [2.45, 2.75) is 42.9 Å². The first-order valence-electron chi connectivity index (χ1n) is 6.38. The van der Waals surface area contributed by atoms with Gasteiger partial charge in [-0.3, -0.25) is 4.57 Å². The Hall–Kier alpha value is -1.05. The molecule has 0 aliphatic heterocycles. The van der Waals surface area contributed by atoms with Crippen LogP contribution >= 0.6 is 27.7 Å². The topological polar surface area (TPSA) is 76.7 Å². The Morgan fingerprint density at radius 2 is 2.30 bits per heavy atom. The molecule has 2 rings (SSSR count). The van der Waals surface area contributed by atoms with Crippen molar-refractivity contribution in [1.29, 1.82) is 0 Å². The molecule has 1 aromatic heterocycles. The first-order chi connectivity index (χ1) is 9.51. The van der Waals surface area contributed by atoms with Crippen LogP contribution in [0.5, 0.6) is 0 Å². The van der Waals surface area contributed by atoms with Gasteiger partial charge >= 0.3 is 5.69 Å². The maximum atomic E-state index is 11.5. The van der Waals surface area contributed by atoms with E-state index in [1.165, 1.54) is 17.3 Å². The minimum Gasteiger partial charge on any atom is -0.328 e. The number of hydrogen-bond acceptors (Lipinski definition) is 4. The van der Waals surface area contributed by atoms with Gasteiger partial charge in [0.05, 0.1) is 0 Å². The smallest absolute Gasteiger partial charge is 0.328 e. The number of rotatable bonds is 5. The van der Waals surface area contributed by atoms with Crippen molar-refractivity contribution in [2.75, 3.05) is 0 Å². The molecule has 1 unspecified atom stereocenters. The highest BCUT2D eigenvalue weighted by atomic mass is 79.9. The minimum atomic E-state index is -0.178. The highest BCUT2D eigenvalue weighted by molar-refractivity contribution is 9.10. The summed E-state index contributed by atoms with van der Waals surface area (Å²) in [7, 11) is 0. The summed E-state index contributed by atoms with van der Waals surface area (Å²) in [5.41, 5.74) is 6.82. The van der Waals surface area contributed by atoms with Gasteiger partial charge in [0, 0.05) is 22.0 Å². The van der Waals surface area contributed by atoms with Crippen LogP contribution in [0.3, 0.4) is 0 Å². The Morgan fingerprint density at radius 3 is 2.90 bits per heavy atom. The zero-order valence-electron chi connectivity index (χ0n) is 11.4. The summed E-state index contributed by atoms with van der Waals surface area (Å²) in [6.45, 7) is 4.50. The van der Waals surface area contributed by atoms with E-state index in [2.05, 4.69) is 32.2 Å². The molecule has 0 saturated carbocycles. The highest BCUT2D eigenvalue weighted by Crippen LogP contribution is 2.29. The number of hydrogen-bond donors (Lipinski definition) is 2. The highest BCUT2D eigenvalue weighted by Gasteiger charge is 2.10. The molecular weight excluding hydrogens is 340 g/mol. The zero-order chi connectivity index (χ0) is 14.7. The predicted molar refractivity (Wildman–Crippen MR) is 84.1 cm³/mol. The van der Waals surface area contributed by atoms with E-state index < -0.39 is 0 Å². The molecule has 20 heavy (non-hydrogen) atoms. The fourth-order valence-corrected chi connectivity index (χ4v) is 3.50. The number of nitrogens with two attached hydrogens (primary N) is 1. The second kappa shape index (κ2) is 6.60. The summed E-state index contributed by atoms with van der Waals surface area (Å²) in [5.74, 6) is 0. The first kappa shape index (κ1) is 15.3. The summed E-state index contributed by atoms with van der Waals surface area (Å²) in [6.07, 6.45) is 0.827. The van der Waals surface area contributed by atoms with E-state index in [1.807, 2.05) is 26.0 Å². The Bertz CT molecular complexity index is 650. The lowest BCUT2D eigenvalue weighted by atomic mass is 10.1. The van der Waals surface area contributed by atoms with E-state index in [1.54, 1.807) is 4.57 Å². The van der Waals surface area contributed by atoms with Crippen LogP contribution in [0.4, 0.5) is 0 Å². The lowest BCUT2D eigenvalue weighted by Crippen LogP contribution is -2.18. The number of nitrogens with one attached hydrogen (secondary N) is 1. The number of H-pyrrole nitrogens is 1. The third-order valence-corrected chi connectivity index (χ3v) is 4.54. The molecule has 7 heteroatoms. The van der Waals surface area contributed by atoms with Crippen LogP contribution in [0.25, 0.3) is 0 Å². The number of nitrogens with zero attached hydrogens (tertiary/aromatic N) is 2. The Morgan fingerprint density at radius 1 is 1.55 bits per heavy atom. The summed E-state index contributed by atoms with van der Waals surface area (Å²) in [5, 5.41) is 7.17. The van der Waals surface area contributed by atoms with Crippen molar-refractivity contribution < 1.29 is 0 Å². The lowest BCUT2D eigenvalue weighted by molar-refractivity contribution is 0.660. The number of aromatic nitrogens is 3. The molecular formula is C13H17BrN4OS. The first-order valence-corrected chi connectivity index (χ1v) is 7.99. The van der Waals surface area contributed by atoms with E-state index in [0.29, 0.717) is 11.7 Å². The Labute approximate surface area is 130 Å². The monoisotopic (exact) mass is 356 g/mol. The second-order valence-corrected chi connectivity index (χ2v) is 6.49. The fourth-order valence-electron chi connectivity index (χ4n) is 1.87. The largest absolute Gasteiger partial charge is 0.343 e. The third kappa shape index (κ3) is 3.53. The van der Waals surface area contributed by atoms with Gasteiger partial charge in [-0.25, -0.2) is 9.89 Å². The molecule has 0 bridgehead atoms. The number of halogens is 1. The van der Waals surface area contributed by atoms with Crippen molar-refractivity contribution in [3.8, 4) is 0 Å². The van der Waals surface area contributed by atoms with Gasteiger partial charge in [-0.15, -0.1) is 5.10 Å². The molecule has 0 radical (unpaired) electrons. The van der Waals surface area contributed by atoms with Gasteiger partial charge in [0.1, 0.15) is 0 Å². The average Bonchev–Trinajstić information content (AvgIpc) is 2.73. The molecule has 0 aliphatic rings. The minimum absolute atomic E-state index is 0.126. The number of aromatic amines is 1. The third-order valence-electron chi connectivity index (χ3n) is 2.82. The van der Waals surface area contributed by atoms with Gasteiger partial charge in [0.2, 0.25) is 0 Å². The summed E-state index contributed by atoms with van der Waals surface area (Å²) >= 11 is 5.02. The normalized spacial score (nSPS) is 12.6. The van der Waals surface area contributed by atoms with Crippen molar-refractivity contribution in [2.24, 2.45) is 5.73 Å². The van der Waals surface area contributed by atoms with Gasteiger partial charge in [0.25, 0.3) is 0 Å².